The summed E-state index contributed by atoms with van der Waals surface area (Å²) in [6.07, 6.45) is 2.74. The molecule has 0 aliphatic heterocycles. The summed E-state index contributed by atoms with van der Waals surface area (Å²) in [5.74, 6) is -0.147. The van der Waals surface area contributed by atoms with Crippen LogP contribution in [0.5, 0.6) is 0 Å². The average Bonchev–Trinajstić information content (AvgIpc) is 2.70. The van der Waals surface area contributed by atoms with Crippen LogP contribution in [-0.2, 0) is 17.6 Å². The lowest BCUT2D eigenvalue weighted by Crippen LogP contribution is -2.21. The number of ketones is 1. The van der Waals surface area contributed by atoms with Crippen LogP contribution in [0.15, 0.2) is 54.6 Å². The van der Waals surface area contributed by atoms with Gasteiger partial charge in [-0.1, -0.05) is 55.5 Å². The molecule has 4 rings (SSSR count). The van der Waals surface area contributed by atoms with E-state index in [2.05, 4.69) is 6.92 Å². The Kier molecular flexibility index (Phi) is 4.71. The van der Waals surface area contributed by atoms with E-state index in [9.17, 15) is 9.59 Å². The van der Waals surface area contributed by atoms with Crippen molar-refractivity contribution < 1.29 is 14.3 Å². The molecule has 1 aromatic heterocycles. The van der Waals surface area contributed by atoms with E-state index in [1.165, 1.54) is 0 Å². The topological polar surface area (TPSA) is 56.3 Å². The lowest BCUT2D eigenvalue weighted by Gasteiger charge is -2.24. The van der Waals surface area contributed by atoms with Crippen LogP contribution < -0.4 is 0 Å². The van der Waals surface area contributed by atoms with Crippen LogP contribution in [0.2, 0.25) is 0 Å². The number of hydrogen-bond donors (Lipinski definition) is 0. The molecule has 27 heavy (non-hydrogen) atoms. The summed E-state index contributed by atoms with van der Waals surface area (Å²) in [7, 11) is 0. The third-order valence-electron chi connectivity index (χ3n) is 5.14. The second kappa shape index (κ2) is 7.31. The number of carbonyl (C=O) groups excluding carboxylic acids is 2. The van der Waals surface area contributed by atoms with Crippen LogP contribution in [0.3, 0.4) is 0 Å². The van der Waals surface area contributed by atoms with Crippen LogP contribution in [0.4, 0.5) is 0 Å². The van der Waals surface area contributed by atoms with E-state index in [0.29, 0.717) is 17.0 Å². The van der Waals surface area contributed by atoms with E-state index < -0.39 is 5.97 Å². The first kappa shape index (κ1) is 17.4. The standard InChI is InChI=1S/C23H21NO3/c1-15-11-12-20-18(13-15)22(17-9-5-6-10-19(17)24-20)23(26)27-14-21(25)16-7-3-2-4-8-16/h2-10,15H,11-14H2,1H3/t15-/m1/s1. The molecule has 3 aromatic rings. The predicted octanol–water partition coefficient (Wildman–Crippen LogP) is 4.40. The molecular formula is C23H21NO3. The SMILES string of the molecule is C[C@@H]1CCc2nc3ccccc3c(C(=O)OCC(=O)c3ccccc3)c2C1. The maximum absolute atomic E-state index is 13.0. The van der Waals surface area contributed by atoms with Gasteiger partial charge in [0.05, 0.1) is 11.1 Å². The molecule has 0 unspecified atom stereocenters. The number of esters is 1. The number of Topliss-reactive ketones (excluding diaryl/α,β-unsaturated/α-hetero) is 1. The number of aromatic nitrogens is 1. The number of benzene rings is 2. The highest BCUT2D eigenvalue weighted by molar-refractivity contribution is 6.06. The number of rotatable bonds is 4. The van der Waals surface area contributed by atoms with Crippen molar-refractivity contribution in [3.8, 4) is 0 Å². The maximum atomic E-state index is 13.0. The van der Waals surface area contributed by atoms with Gasteiger partial charge >= 0.3 is 5.97 Å². The molecule has 1 heterocycles. The Labute approximate surface area is 158 Å². The Morgan fingerprint density at radius 2 is 1.81 bits per heavy atom. The second-order valence-corrected chi connectivity index (χ2v) is 7.14. The number of carbonyl (C=O) groups is 2. The fourth-order valence-electron chi connectivity index (χ4n) is 3.71. The van der Waals surface area contributed by atoms with Crippen molar-refractivity contribution in [2.75, 3.05) is 6.61 Å². The number of nitrogens with zero attached hydrogens (tertiary/aromatic N) is 1. The highest BCUT2D eigenvalue weighted by Gasteiger charge is 2.26. The fourth-order valence-corrected chi connectivity index (χ4v) is 3.71. The molecule has 0 saturated heterocycles. The van der Waals surface area contributed by atoms with Crippen LogP contribution in [-0.4, -0.2) is 23.3 Å². The predicted molar refractivity (Wildman–Crippen MR) is 104 cm³/mol. The molecule has 1 atom stereocenters. The normalized spacial score (nSPS) is 16.0. The Balaban J connectivity index is 1.66. The average molecular weight is 359 g/mol. The molecule has 1 aliphatic rings. The van der Waals surface area contributed by atoms with Crippen molar-refractivity contribution in [1.82, 2.24) is 4.98 Å². The van der Waals surface area contributed by atoms with Gasteiger partial charge in [-0.15, -0.1) is 0 Å². The highest BCUT2D eigenvalue weighted by Crippen LogP contribution is 2.32. The van der Waals surface area contributed by atoms with E-state index >= 15 is 0 Å². The van der Waals surface area contributed by atoms with E-state index in [1.807, 2.05) is 30.3 Å². The Morgan fingerprint density at radius 1 is 1.07 bits per heavy atom. The summed E-state index contributed by atoms with van der Waals surface area (Å²) in [6.45, 7) is 1.93. The van der Waals surface area contributed by atoms with Crippen molar-refractivity contribution in [3.63, 3.8) is 0 Å². The first-order valence-electron chi connectivity index (χ1n) is 9.29. The van der Waals surface area contributed by atoms with Crippen molar-refractivity contribution in [2.24, 2.45) is 5.92 Å². The molecule has 0 bridgehead atoms. The van der Waals surface area contributed by atoms with Gasteiger partial charge in [0.1, 0.15) is 0 Å². The molecule has 0 N–H and O–H groups in total. The van der Waals surface area contributed by atoms with Crippen LogP contribution in [0, 0.1) is 5.92 Å². The molecule has 0 radical (unpaired) electrons. The van der Waals surface area contributed by atoms with Crippen LogP contribution in [0.25, 0.3) is 10.9 Å². The summed E-state index contributed by atoms with van der Waals surface area (Å²) < 4.78 is 5.44. The summed E-state index contributed by atoms with van der Waals surface area (Å²) in [6, 6.07) is 16.5. The van der Waals surface area contributed by atoms with E-state index in [4.69, 9.17) is 9.72 Å². The first-order valence-corrected chi connectivity index (χ1v) is 9.29. The van der Waals surface area contributed by atoms with Crippen molar-refractivity contribution >= 4 is 22.7 Å². The van der Waals surface area contributed by atoms with Crippen molar-refractivity contribution in [2.45, 2.75) is 26.2 Å². The smallest absolute Gasteiger partial charge is 0.339 e. The molecule has 1 aliphatic carbocycles. The summed E-state index contributed by atoms with van der Waals surface area (Å²) in [5.41, 5.74) is 3.87. The number of fused-ring (bicyclic) bond motifs is 2. The van der Waals surface area contributed by atoms with Crippen LogP contribution >= 0.6 is 0 Å². The molecule has 4 nitrogen and oxygen atoms in total. The van der Waals surface area contributed by atoms with Gasteiger partial charge in [-0.25, -0.2) is 4.79 Å². The van der Waals surface area contributed by atoms with Crippen molar-refractivity contribution in [1.29, 1.82) is 0 Å². The van der Waals surface area contributed by atoms with Gasteiger partial charge in [0.25, 0.3) is 0 Å². The molecule has 0 fully saturated rings. The van der Waals surface area contributed by atoms with Gasteiger partial charge in [0, 0.05) is 16.6 Å². The van der Waals surface area contributed by atoms with E-state index in [0.717, 1.165) is 41.4 Å². The van der Waals surface area contributed by atoms with Crippen LogP contribution in [0.1, 0.15) is 45.3 Å². The number of aryl methyl sites for hydroxylation is 1. The van der Waals surface area contributed by atoms with E-state index in [-0.39, 0.29) is 12.4 Å². The number of hydrogen-bond acceptors (Lipinski definition) is 4. The summed E-state index contributed by atoms with van der Waals surface area (Å²) in [4.78, 5) is 30.0. The van der Waals surface area contributed by atoms with Gasteiger partial charge in [-0.2, -0.15) is 0 Å². The van der Waals surface area contributed by atoms with Gasteiger partial charge in [-0.3, -0.25) is 9.78 Å². The molecule has 136 valence electrons. The molecule has 0 spiro atoms. The maximum Gasteiger partial charge on any atom is 0.339 e. The van der Waals surface area contributed by atoms with Gasteiger partial charge in [0.2, 0.25) is 0 Å². The largest absolute Gasteiger partial charge is 0.454 e. The second-order valence-electron chi connectivity index (χ2n) is 7.14. The zero-order valence-corrected chi connectivity index (χ0v) is 15.3. The summed E-state index contributed by atoms with van der Waals surface area (Å²) in [5, 5.41) is 0.794. The zero-order valence-electron chi connectivity index (χ0n) is 15.3. The Hall–Kier alpha value is -3.01. The van der Waals surface area contributed by atoms with Crippen molar-refractivity contribution in [3.05, 3.63) is 77.0 Å². The molecule has 2 aromatic carbocycles. The fraction of sp³-hybridized carbons (Fsp3) is 0.261. The lowest BCUT2D eigenvalue weighted by molar-refractivity contribution is 0.0475. The van der Waals surface area contributed by atoms with Gasteiger partial charge in [0.15, 0.2) is 12.4 Å². The Bertz CT molecular complexity index is 1010. The molecule has 0 amide bonds. The minimum Gasteiger partial charge on any atom is -0.454 e. The molecule has 0 saturated carbocycles. The highest BCUT2D eigenvalue weighted by atomic mass is 16.5. The van der Waals surface area contributed by atoms with Gasteiger partial charge < -0.3 is 4.74 Å². The quantitative estimate of drug-likeness (QED) is 0.512. The lowest BCUT2D eigenvalue weighted by atomic mass is 9.84. The number of para-hydroxylation sites is 1. The summed E-state index contributed by atoms with van der Waals surface area (Å²) >= 11 is 0. The molecular weight excluding hydrogens is 338 g/mol. The third-order valence-corrected chi connectivity index (χ3v) is 5.14. The number of pyridine rings is 1. The monoisotopic (exact) mass is 359 g/mol. The van der Waals surface area contributed by atoms with E-state index in [1.54, 1.807) is 24.3 Å². The minimum atomic E-state index is -0.441. The Morgan fingerprint density at radius 3 is 2.63 bits per heavy atom. The molecule has 4 heteroatoms. The minimum absolute atomic E-state index is 0.204. The first-order chi connectivity index (χ1) is 13.1. The number of ether oxygens (including phenoxy) is 1. The van der Waals surface area contributed by atoms with Gasteiger partial charge in [-0.05, 0) is 36.8 Å². The zero-order chi connectivity index (χ0) is 18.8. The third kappa shape index (κ3) is 3.47.